The molecule has 0 saturated heterocycles. The van der Waals surface area contributed by atoms with Crippen molar-refractivity contribution in [3.05, 3.63) is 75.8 Å². The van der Waals surface area contributed by atoms with E-state index in [1.165, 1.54) is 16.7 Å². The van der Waals surface area contributed by atoms with Gasteiger partial charge in [0.25, 0.3) is 5.88 Å². The smallest absolute Gasteiger partial charge is 0.253 e. The molecule has 1 aromatic heterocycles. The molecule has 0 spiro atoms. The molecule has 3 rings (SSSR count). The lowest BCUT2D eigenvalue weighted by Crippen LogP contribution is -2.06. The highest BCUT2D eigenvalue weighted by atomic mass is 16.5. The summed E-state index contributed by atoms with van der Waals surface area (Å²) >= 11 is 0. The Morgan fingerprint density at radius 2 is 1.88 bits per heavy atom. The highest BCUT2D eigenvalue weighted by molar-refractivity contribution is 5.55. The summed E-state index contributed by atoms with van der Waals surface area (Å²) in [5, 5.41) is 13.8. The first-order valence-corrected chi connectivity index (χ1v) is 8.49. The normalized spacial score (nSPS) is 10.5. The maximum absolute atomic E-state index is 9.44. The Kier molecular flexibility index (Phi) is 4.94. The quantitative estimate of drug-likeness (QED) is 0.760. The van der Waals surface area contributed by atoms with E-state index in [2.05, 4.69) is 43.2 Å². The molecule has 0 fully saturated rings. The van der Waals surface area contributed by atoms with E-state index < -0.39 is 0 Å². The minimum absolute atomic E-state index is 0.274. The van der Waals surface area contributed by atoms with Crippen LogP contribution in [0.5, 0.6) is 5.88 Å². The van der Waals surface area contributed by atoms with E-state index in [0.717, 1.165) is 11.1 Å². The van der Waals surface area contributed by atoms with Crippen LogP contribution in [0.1, 0.15) is 33.4 Å². The first-order valence-electron chi connectivity index (χ1n) is 8.49. The number of nitriles is 1. The molecule has 0 aliphatic heterocycles. The molecule has 0 radical (unpaired) electrons. The fraction of sp³-hybridized carbons (Fsp3) is 0.238. The predicted molar refractivity (Wildman–Crippen MR) is 102 cm³/mol. The summed E-state index contributed by atoms with van der Waals surface area (Å²) in [6.07, 6.45) is 0. The fourth-order valence-electron chi connectivity index (χ4n) is 2.81. The van der Waals surface area contributed by atoms with Gasteiger partial charge in [-0.1, -0.05) is 48.0 Å². The summed E-state index contributed by atoms with van der Waals surface area (Å²) in [6.45, 7) is 7.01. The van der Waals surface area contributed by atoms with Crippen molar-refractivity contribution in [2.75, 3.05) is 5.73 Å². The molecule has 0 amide bonds. The highest BCUT2D eigenvalue weighted by Crippen LogP contribution is 2.25. The molecule has 5 heteroatoms. The molecule has 0 saturated carbocycles. The summed E-state index contributed by atoms with van der Waals surface area (Å²) in [5.41, 5.74) is 12.1. The van der Waals surface area contributed by atoms with Crippen molar-refractivity contribution in [3.63, 3.8) is 0 Å². The Bertz CT molecular complexity index is 982. The van der Waals surface area contributed by atoms with Crippen molar-refractivity contribution in [3.8, 4) is 11.9 Å². The SMILES string of the molecule is Cc1cccc(Cn2nc(OCc3ccc(C)c(C)c3)c(C#N)c2N)c1. The predicted octanol–water partition coefficient (Wildman–Crippen LogP) is 3.89. The van der Waals surface area contributed by atoms with Gasteiger partial charge in [-0.25, -0.2) is 4.68 Å². The van der Waals surface area contributed by atoms with Crippen molar-refractivity contribution < 1.29 is 4.74 Å². The molecule has 3 aromatic rings. The second kappa shape index (κ2) is 7.32. The number of aromatic nitrogens is 2. The number of anilines is 1. The van der Waals surface area contributed by atoms with Gasteiger partial charge in [0.2, 0.25) is 0 Å². The van der Waals surface area contributed by atoms with Crippen LogP contribution in [0.2, 0.25) is 0 Å². The lowest BCUT2D eigenvalue weighted by Gasteiger charge is -2.06. The second-order valence-electron chi connectivity index (χ2n) is 6.53. The average Bonchev–Trinajstić information content (AvgIpc) is 2.91. The third-order valence-corrected chi connectivity index (χ3v) is 4.43. The second-order valence-corrected chi connectivity index (χ2v) is 6.53. The number of aryl methyl sites for hydroxylation is 3. The lowest BCUT2D eigenvalue weighted by molar-refractivity contribution is 0.289. The molecule has 26 heavy (non-hydrogen) atoms. The Morgan fingerprint density at radius 1 is 1.08 bits per heavy atom. The van der Waals surface area contributed by atoms with Gasteiger partial charge >= 0.3 is 0 Å². The number of hydrogen-bond acceptors (Lipinski definition) is 4. The summed E-state index contributed by atoms with van der Waals surface area (Å²) in [5.74, 6) is 0.597. The van der Waals surface area contributed by atoms with Crippen LogP contribution in [0, 0.1) is 32.1 Å². The third kappa shape index (κ3) is 3.70. The van der Waals surface area contributed by atoms with Gasteiger partial charge in [0, 0.05) is 0 Å². The van der Waals surface area contributed by atoms with Crippen LogP contribution >= 0.6 is 0 Å². The number of benzene rings is 2. The van der Waals surface area contributed by atoms with Gasteiger partial charge in [-0.2, -0.15) is 5.26 Å². The van der Waals surface area contributed by atoms with Gasteiger partial charge in [-0.15, -0.1) is 5.10 Å². The van der Waals surface area contributed by atoms with Crippen LogP contribution in [0.4, 0.5) is 5.82 Å². The Balaban J connectivity index is 1.81. The molecule has 0 atom stereocenters. The third-order valence-electron chi connectivity index (χ3n) is 4.43. The van der Waals surface area contributed by atoms with Gasteiger partial charge in [0.1, 0.15) is 18.5 Å². The Labute approximate surface area is 153 Å². The van der Waals surface area contributed by atoms with E-state index in [4.69, 9.17) is 10.5 Å². The largest absolute Gasteiger partial charge is 0.471 e. The molecule has 0 aliphatic rings. The van der Waals surface area contributed by atoms with Crippen molar-refractivity contribution in [2.24, 2.45) is 0 Å². The number of nitrogen functional groups attached to an aromatic ring is 1. The minimum Gasteiger partial charge on any atom is -0.471 e. The molecular weight excluding hydrogens is 324 g/mol. The summed E-state index contributed by atoms with van der Waals surface area (Å²) in [6, 6.07) is 16.4. The first-order chi connectivity index (χ1) is 12.5. The van der Waals surface area contributed by atoms with E-state index >= 15 is 0 Å². The number of nitrogens with two attached hydrogens (primary N) is 1. The maximum Gasteiger partial charge on any atom is 0.253 e. The van der Waals surface area contributed by atoms with Crippen LogP contribution in [-0.2, 0) is 13.2 Å². The van der Waals surface area contributed by atoms with Crippen molar-refractivity contribution in [1.82, 2.24) is 9.78 Å². The van der Waals surface area contributed by atoms with Crippen LogP contribution in [-0.4, -0.2) is 9.78 Å². The molecular formula is C21H22N4O. The number of nitrogens with zero attached hydrogens (tertiary/aromatic N) is 3. The van der Waals surface area contributed by atoms with Gasteiger partial charge in [-0.05, 0) is 43.0 Å². The average molecular weight is 346 g/mol. The number of rotatable bonds is 5. The summed E-state index contributed by atoms with van der Waals surface area (Å²) in [7, 11) is 0. The monoisotopic (exact) mass is 346 g/mol. The van der Waals surface area contributed by atoms with Crippen LogP contribution in [0.25, 0.3) is 0 Å². The highest BCUT2D eigenvalue weighted by Gasteiger charge is 2.17. The van der Waals surface area contributed by atoms with Gasteiger partial charge in [0.05, 0.1) is 6.54 Å². The molecule has 132 valence electrons. The van der Waals surface area contributed by atoms with Crippen LogP contribution in [0.15, 0.2) is 42.5 Å². The molecule has 5 nitrogen and oxygen atoms in total. The maximum atomic E-state index is 9.44. The zero-order chi connectivity index (χ0) is 18.7. The van der Waals surface area contributed by atoms with Crippen LogP contribution in [0.3, 0.4) is 0 Å². The molecule has 0 unspecified atom stereocenters. The van der Waals surface area contributed by atoms with Crippen molar-refractivity contribution in [2.45, 2.75) is 33.9 Å². The molecule has 2 aromatic carbocycles. The summed E-state index contributed by atoms with van der Waals surface area (Å²) < 4.78 is 7.41. The molecule has 1 heterocycles. The van der Waals surface area contributed by atoms with Gasteiger partial charge in [-0.3, -0.25) is 0 Å². The number of hydrogen-bond donors (Lipinski definition) is 1. The zero-order valence-corrected chi connectivity index (χ0v) is 15.3. The topological polar surface area (TPSA) is 76.9 Å². The van der Waals surface area contributed by atoms with E-state index in [0.29, 0.717) is 19.0 Å². The Morgan fingerprint density at radius 3 is 2.58 bits per heavy atom. The summed E-state index contributed by atoms with van der Waals surface area (Å²) in [4.78, 5) is 0. The number of ether oxygens (including phenoxy) is 1. The standard InChI is InChI=1S/C21H22N4O/c1-14-5-4-6-17(9-14)12-25-20(23)19(11-22)21(24-25)26-13-18-8-7-15(2)16(3)10-18/h4-10H,12-13,23H2,1-3H3. The van der Waals surface area contributed by atoms with Crippen molar-refractivity contribution >= 4 is 5.82 Å². The van der Waals surface area contributed by atoms with E-state index in [1.807, 2.05) is 31.2 Å². The van der Waals surface area contributed by atoms with Gasteiger partial charge < -0.3 is 10.5 Å². The van der Waals surface area contributed by atoms with E-state index in [-0.39, 0.29) is 11.4 Å². The molecule has 2 N–H and O–H groups in total. The lowest BCUT2D eigenvalue weighted by atomic mass is 10.1. The molecule has 0 aliphatic carbocycles. The first kappa shape index (κ1) is 17.6. The van der Waals surface area contributed by atoms with Crippen LogP contribution < -0.4 is 10.5 Å². The Hall–Kier alpha value is -3.26. The van der Waals surface area contributed by atoms with E-state index in [9.17, 15) is 5.26 Å². The van der Waals surface area contributed by atoms with E-state index in [1.54, 1.807) is 4.68 Å². The van der Waals surface area contributed by atoms with Gasteiger partial charge in [0.15, 0.2) is 5.56 Å². The zero-order valence-electron chi connectivity index (χ0n) is 15.3. The molecule has 0 bridgehead atoms. The minimum atomic E-state index is 0.274. The van der Waals surface area contributed by atoms with Crippen molar-refractivity contribution in [1.29, 1.82) is 5.26 Å². The fourth-order valence-corrected chi connectivity index (χ4v) is 2.81.